The molecule has 0 aliphatic heterocycles. The molecule has 0 spiro atoms. The summed E-state index contributed by atoms with van der Waals surface area (Å²) in [6.45, 7) is 0.697. The number of hydrogen-bond acceptors (Lipinski definition) is 5. The number of likely N-dealkylation sites (N-methyl/N-ethyl adjacent to an activating group) is 1. The fraction of sp³-hybridized carbons (Fsp3) is 0.364. The Hall–Kier alpha value is -1.93. The van der Waals surface area contributed by atoms with Gasteiger partial charge in [-0.25, -0.2) is 9.00 Å². The van der Waals surface area contributed by atoms with Crippen LogP contribution in [0, 0.1) is 0 Å². The van der Waals surface area contributed by atoms with Crippen LogP contribution in [0.4, 0.5) is 5.69 Å². The highest BCUT2D eigenvalue weighted by Crippen LogP contribution is 2.27. The molecule has 0 heterocycles. The average Bonchev–Trinajstić information content (AvgIpc) is 2.38. The molecule has 0 fully saturated rings. The average molecular weight is 298 g/mol. The van der Waals surface area contributed by atoms with Gasteiger partial charge in [-0.15, -0.1) is 0 Å². The molecule has 1 aromatic rings. The van der Waals surface area contributed by atoms with Crippen molar-refractivity contribution in [3.05, 3.63) is 34.2 Å². The molecule has 1 aromatic carbocycles. The molecule has 1 atom stereocenters. The predicted molar refractivity (Wildman–Crippen MR) is 73.1 cm³/mol. The molecule has 0 saturated carbocycles. The first-order valence-electron chi connectivity index (χ1n) is 5.58. The zero-order valence-electron chi connectivity index (χ0n) is 11.0. The minimum absolute atomic E-state index is 0.0403. The molecule has 0 radical (unpaired) electrons. The van der Waals surface area contributed by atoms with E-state index in [-0.39, 0.29) is 22.8 Å². The second-order valence-corrected chi connectivity index (χ2v) is 4.97. The Morgan fingerprint density at radius 1 is 1.55 bits per heavy atom. The summed E-state index contributed by atoms with van der Waals surface area (Å²) >= 11 is -2.36. The standard InChI is InChI=1S/C11H14N4O4S/c1-15(2)6-7-19-11(16)8-4-3-5-9(20(17)18)10(8)13-14-12/h3-5H,6-7H2,1-2H3,(H,17,18). The normalized spacial score (nSPS) is 11.8. The fourth-order valence-corrected chi connectivity index (χ4v) is 1.89. The van der Waals surface area contributed by atoms with Gasteiger partial charge >= 0.3 is 5.97 Å². The first-order chi connectivity index (χ1) is 9.47. The van der Waals surface area contributed by atoms with Crippen LogP contribution >= 0.6 is 0 Å². The molecular weight excluding hydrogens is 284 g/mol. The van der Waals surface area contributed by atoms with E-state index in [9.17, 15) is 9.00 Å². The van der Waals surface area contributed by atoms with Gasteiger partial charge in [0.05, 0.1) is 16.1 Å². The van der Waals surface area contributed by atoms with E-state index < -0.39 is 17.0 Å². The van der Waals surface area contributed by atoms with Crippen LogP contribution in [0.1, 0.15) is 10.4 Å². The van der Waals surface area contributed by atoms with Crippen molar-refractivity contribution >= 4 is 22.7 Å². The van der Waals surface area contributed by atoms with Crippen LogP contribution in [0.3, 0.4) is 0 Å². The molecule has 1 N–H and O–H groups in total. The van der Waals surface area contributed by atoms with E-state index >= 15 is 0 Å². The van der Waals surface area contributed by atoms with Crippen LogP contribution in [0.25, 0.3) is 10.4 Å². The summed E-state index contributed by atoms with van der Waals surface area (Å²) in [6, 6.07) is 4.09. The zero-order chi connectivity index (χ0) is 15.1. The third kappa shape index (κ3) is 4.32. The maximum absolute atomic E-state index is 11.9. The number of nitrogens with zero attached hydrogens (tertiary/aromatic N) is 4. The van der Waals surface area contributed by atoms with E-state index in [0.717, 1.165) is 0 Å². The molecule has 0 saturated heterocycles. The Bertz CT molecular complexity index is 570. The summed E-state index contributed by atoms with van der Waals surface area (Å²) in [5.41, 5.74) is 8.27. The second kappa shape index (κ2) is 7.61. The quantitative estimate of drug-likeness (QED) is 0.283. The SMILES string of the molecule is CN(C)CCOC(=O)c1cccc(S(=O)O)c1N=[N+]=[N-]. The number of esters is 1. The lowest BCUT2D eigenvalue weighted by Gasteiger charge is -2.11. The maximum atomic E-state index is 11.9. The van der Waals surface area contributed by atoms with E-state index in [1.54, 1.807) is 0 Å². The Kier molecular flexibility index (Phi) is 6.13. The van der Waals surface area contributed by atoms with Crippen molar-refractivity contribution in [3.8, 4) is 0 Å². The van der Waals surface area contributed by atoms with Crippen molar-refractivity contribution in [1.82, 2.24) is 4.90 Å². The highest BCUT2D eigenvalue weighted by atomic mass is 32.2. The van der Waals surface area contributed by atoms with Crippen molar-refractivity contribution in [3.63, 3.8) is 0 Å². The molecule has 0 bridgehead atoms. The van der Waals surface area contributed by atoms with E-state index in [0.29, 0.717) is 6.54 Å². The lowest BCUT2D eigenvalue weighted by atomic mass is 10.2. The molecule has 0 aliphatic rings. The summed E-state index contributed by atoms with van der Waals surface area (Å²) in [5, 5.41) is 3.31. The number of azide groups is 1. The molecule has 108 valence electrons. The van der Waals surface area contributed by atoms with Gasteiger partial charge in [-0.2, -0.15) is 0 Å². The number of hydrogen-bond donors (Lipinski definition) is 1. The van der Waals surface area contributed by atoms with Gasteiger partial charge in [0.15, 0.2) is 11.1 Å². The van der Waals surface area contributed by atoms with Crippen molar-refractivity contribution in [1.29, 1.82) is 0 Å². The van der Waals surface area contributed by atoms with Crippen molar-refractivity contribution < 1.29 is 18.3 Å². The first kappa shape index (κ1) is 16.1. The Morgan fingerprint density at radius 3 is 2.80 bits per heavy atom. The number of ether oxygens (including phenoxy) is 1. The van der Waals surface area contributed by atoms with Gasteiger partial charge in [-0.1, -0.05) is 11.2 Å². The van der Waals surface area contributed by atoms with Crippen LogP contribution in [0.2, 0.25) is 0 Å². The predicted octanol–water partition coefficient (Wildman–Crippen LogP) is 1.93. The van der Waals surface area contributed by atoms with Gasteiger partial charge in [0.25, 0.3) is 0 Å². The Balaban J connectivity index is 3.04. The second-order valence-electron chi connectivity index (χ2n) is 4.03. The summed E-state index contributed by atoms with van der Waals surface area (Å²) in [5.74, 6) is -0.707. The lowest BCUT2D eigenvalue weighted by molar-refractivity contribution is 0.0482. The molecule has 1 rings (SSSR count). The van der Waals surface area contributed by atoms with Crippen molar-refractivity contribution in [2.45, 2.75) is 4.90 Å². The molecule has 1 unspecified atom stereocenters. The molecule has 0 aromatic heterocycles. The van der Waals surface area contributed by atoms with Gasteiger partial charge in [0.2, 0.25) is 0 Å². The number of rotatable bonds is 6. The highest BCUT2D eigenvalue weighted by Gasteiger charge is 2.17. The molecule has 9 heteroatoms. The fourth-order valence-electron chi connectivity index (χ4n) is 1.37. The van der Waals surface area contributed by atoms with Gasteiger partial charge in [-0.05, 0) is 31.8 Å². The summed E-state index contributed by atoms with van der Waals surface area (Å²) in [4.78, 5) is 16.2. The topological polar surface area (TPSA) is 116 Å². The van der Waals surface area contributed by atoms with Gasteiger partial charge in [0, 0.05) is 11.5 Å². The minimum atomic E-state index is -2.36. The minimum Gasteiger partial charge on any atom is -0.461 e. The molecule has 0 aliphatic carbocycles. The third-order valence-electron chi connectivity index (χ3n) is 2.32. The van der Waals surface area contributed by atoms with Gasteiger partial charge in [-0.3, -0.25) is 0 Å². The van der Waals surface area contributed by atoms with E-state index in [2.05, 4.69) is 10.0 Å². The summed E-state index contributed by atoms with van der Waals surface area (Å²) < 4.78 is 25.3. The molecule has 8 nitrogen and oxygen atoms in total. The summed E-state index contributed by atoms with van der Waals surface area (Å²) in [6.07, 6.45) is 0. The Labute approximate surface area is 118 Å². The Morgan fingerprint density at radius 2 is 2.25 bits per heavy atom. The lowest BCUT2D eigenvalue weighted by Crippen LogP contribution is -2.20. The zero-order valence-corrected chi connectivity index (χ0v) is 11.8. The van der Waals surface area contributed by atoms with Crippen LogP contribution in [-0.4, -0.2) is 46.9 Å². The van der Waals surface area contributed by atoms with Crippen LogP contribution in [0.15, 0.2) is 28.2 Å². The monoisotopic (exact) mass is 298 g/mol. The van der Waals surface area contributed by atoms with E-state index in [1.165, 1.54) is 18.2 Å². The smallest absolute Gasteiger partial charge is 0.338 e. The van der Waals surface area contributed by atoms with Crippen LogP contribution < -0.4 is 0 Å². The number of carbonyl (C=O) groups excluding carboxylic acids is 1. The molecular formula is C11H14N4O4S. The number of benzene rings is 1. The van der Waals surface area contributed by atoms with Crippen molar-refractivity contribution in [2.75, 3.05) is 27.2 Å². The molecule has 20 heavy (non-hydrogen) atoms. The number of carbonyl (C=O) groups is 1. The first-order valence-corrected chi connectivity index (χ1v) is 6.69. The van der Waals surface area contributed by atoms with Crippen LogP contribution in [0.5, 0.6) is 0 Å². The third-order valence-corrected chi connectivity index (χ3v) is 3.03. The largest absolute Gasteiger partial charge is 0.461 e. The maximum Gasteiger partial charge on any atom is 0.338 e. The van der Waals surface area contributed by atoms with Crippen LogP contribution in [-0.2, 0) is 15.8 Å². The van der Waals surface area contributed by atoms with E-state index in [1.807, 2.05) is 19.0 Å². The highest BCUT2D eigenvalue weighted by molar-refractivity contribution is 7.79. The van der Waals surface area contributed by atoms with E-state index in [4.69, 9.17) is 14.8 Å². The molecule has 0 amide bonds. The van der Waals surface area contributed by atoms with Crippen molar-refractivity contribution in [2.24, 2.45) is 5.11 Å². The van der Waals surface area contributed by atoms with Gasteiger partial charge in [0.1, 0.15) is 6.61 Å². The summed E-state index contributed by atoms with van der Waals surface area (Å²) in [7, 11) is 3.66. The van der Waals surface area contributed by atoms with Gasteiger partial charge < -0.3 is 14.2 Å².